The summed E-state index contributed by atoms with van der Waals surface area (Å²) in [5.74, 6) is 0.0118. The number of nitrogens with one attached hydrogen (secondary N) is 1. The Morgan fingerprint density at radius 3 is 2.62 bits per heavy atom. The number of primary amides is 1. The first kappa shape index (κ1) is 18.2. The molecule has 7 heteroatoms. The average molecular weight is 334 g/mol. The minimum atomic E-state index is -0.977. The highest BCUT2D eigenvalue weighted by Crippen LogP contribution is 2.13. The summed E-state index contributed by atoms with van der Waals surface area (Å²) in [5, 5.41) is 11.6. The van der Waals surface area contributed by atoms with Crippen LogP contribution >= 0.6 is 0 Å². The molecule has 0 saturated carbocycles. The summed E-state index contributed by atoms with van der Waals surface area (Å²) >= 11 is 0. The topological polar surface area (TPSA) is 98.9 Å². The Morgan fingerprint density at radius 2 is 2.00 bits per heavy atom. The van der Waals surface area contributed by atoms with Gasteiger partial charge in [-0.25, -0.2) is 4.79 Å². The molecule has 1 aromatic rings. The van der Waals surface area contributed by atoms with Gasteiger partial charge in [0.25, 0.3) is 0 Å². The van der Waals surface area contributed by atoms with Gasteiger partial charge in [0.05, 0.1) is 6.61 Å². The van der Waals surface area contributed by atoms with E-state index < -0.39 is 18.7 Å². The SMILES string of the molecule is CC1CN(Cc2ccccc2)CCN(C(=O)C(CO)NC(N)=O)C1. The van der Waals surface area contributed by atoms with E-state index in [9.17, 15) is 14.7 Å². The molecule has 1 aromatic carbocycles. The number of rotatable bonds is 5. The van der Waals surface area contributed by atoms with E-state index in [1.54, 1.807) is 4.90 Å². The van der Waals surface area contributed by atoms with E-state index in [2.05, 4.69) is 29.3 Å². The van der Waals surface area contributed by atoms with Crippen LogP contribution in [-0.4, -0.2) is 65.7 Å². The fourth-order valence-corrected chi connectivity index (χ4v) is 3.08. The fourth-order valence-electron chi connectivity index (χ4n) is 3.08. The van der Waals surface area contributed by atoms with Crippen molar-refractivity contribution in [2.45, 2.75) is 19.5 Å². The molecule has 3 amide bonds. The Bertz CT molecular complexity index is 552. The zero-order valence-corrected chi connectivity index (χ0v) is 14.0. The quantitative estimate of drug-likeness (QED) is 0.705. The molecule has 1 aliphatic rings. The highest BCUT2D eigenvalue weighted by atomic mass is 16.3. The van der Waals surface area contributed by atoms with Crippen LogP contribution in [0.15, 0.2) is 30.3 Å². The molecule has 1 aliphatic heterocycles. The second kappa shape index (κ2) is 8.65. The van der Waals surface area contributed by atoms with E-state index in [1.807, 2.05) is 18.2 Å². The van der Waals surface area contributed by atoms with Crippen LogP contribution in [0.2, 0.25) is 0 Å². The number of benzene rings is 1. The molecule has 2 rings (SSSR count). The van der Waals surface area contributed by atoms with Crippen LogP contribution < -0.4 is 11.1 Å². The summed E-state index contributed by atoms with van der Waals surface area (Å²) in [6.07, 6.45) is 0. The van der Waals surface area contributed by atoms with Crippen LogP contribution in [0.25, 0.3) is 0 Å². The van der Waals surface area contributed by atoms with Crippen molar-refractivity contribution in [1.29, 1.82) is 0 Å². The number of hydrogen-bond acceptors (Lipinski definition) is 4. The lowest BCUT2D eigenvalue weighted by atomic mass is 10.1. The third-order valence-corrected chi connectivity index (χ3v) is 4.15. The van der Waals surface area contributed by atoms with E-state index in [-0.39, 0.29) is 5.91 Å². The van der Waals surface area contributed by atoms with E-state index in [1.165, 1.54) is 5.56 Å². The van der Waals surface area contributed by atoms with Crippen LogP contribution in [0.1, 0.15) is 12.5 Å². The number of carbonyl (C=O) groups excluding carboxylic acids is 2. The monoisotopic (exact) mass is 334 g/mol. The Morgan fingerprint density at radius 1 is 1.29 bits per heavy atom. The molecule has 132 valence electrons. The van der Waals surface area contributed by atoms with Crippen molar-refractivity contribution in [2.75, 3.05) is 32.8 Å². The number of nitrogens with zero attached hydrogens (tertiary/aromatic N) is 2. The maximum absolute atomic E-state index is 12.5. The van der Waals surface area contributed by atoms with Gasteiger partial charge in [0.1, 0.15) is 6.04 Å². The molecule has 1 saturated heterocycles. The van der Waals surface area contributed by atoms with Crippen molar-refractivity contribution < 1.29 is 14.7 Å². The van der Waals surface area contributed by atoms with Gasteiger partial charge >= 0.3 is 6.03 Å². The minimum Gasteiger partial charge on any atom is -0.394 e. The Hall–Kier alpha value is -2.12. The van der Waals surface area contributed by atoms with Crippen molar-refractivity contribution in [1.82, 2.24) is 15.1 Å². The largest absolute Gasteiger partial charge is 0.394 e. The predicted octanol–water partition coefficient (Wildman–Crippen LogP) is -0.00390. The third-order valence-electron chi connectivity index (χ3n) is 4.15. The molecule has 0 aromatic heterocycles. The van der Waals surface area contributed by atoms with E-state index in [0.29, 0.717) is 19.0 Å². The smallest absolute Gasteiger partial charge is 0.312 e. The third kappa shape index (κ3) is 5.21. The summed E-state index contributed by atoms with van der Waals surface area (Å²) in [6, 6.07) is 8.44. The molecule has 1 fully saturated rings. The first-order chi connectivity index (χ1) is 11.5. The lowest BCUT2D eigenvalue weighted by molar-refractivity contribution is -0.134. The molecule has 2 unspecified atom stereocenters. The van der Waals surface area contributed by atoms with Crippen molar-refractivity contribution in [3.63, 3.8) is 0 Å². The maximum Gasteiger partial charge on any atom is 0.312 e. The van der Waals surface area contributed by atoms with E-state index in [0.717, 1.165) is 19.6 Å². The Labute approximate surface area is 142 Å². The molecule has 2 atom stereocenters. The highest BCUT2D eigenvalue weighted by molar-refractivity contribution is 5.86. The van der Waals surface area contributed by atoms with Gasteiger partial charge in [0.2, 0.25) is 5.91 Å². The molecule has 0 bridgehead atoms. The molecule has 4 N–H and O–H groups in total. The maximum atomic E-state index is 12.5. The molecular formula is C17H26N4O3. The standard InChI is InChI=1S/C17H26N4O3/c1-13-9-20(11-14-5-3-2-4-6-14)7-8-21(10-13)16(23)15(12-22)19-17(18)24/h2-6,13,15,22H,7-12H2,1H3,(H3,18,19,24). The lowest BCUT2D eigenvalue weighted by Crippen LogP contribution is -2.53. The summed E-state index contributed by atoms with van der Waals surface area (Å²) in [7, 11) is 0. The first-order valence-corrected chi connectivity index (χ1v) is 8.21. The van der Waals surface area contributed by atoms with Crippen LogP contribution in [0.4, 0.5) is 4.79 Å². The zero-order valence-electron chi connectivity index (χ0n) is 14.0. The van der Waals surface area contributed by atoms with E-state index in [4.69, 9.17) is 5.73 Å². The van der Waals surface area contributed by atoms with Gasteiger partial charge in [-0.2, -0.15) is 0 Å². The zero-order chi connectivity index (χ0) is 17.5. The van der Waals surface area contributed by atoms with Crippen LogP contribution in [-0.2, 0) is 11.3 Å². The van der Waals surface area contributed by atoms with Crippen molar-refractivity contribution >= 4 is 11.9 Å². The van der Waals surface area contributed by atoms with Crippen molar-refractivity contribution in [3.8, 4) is 0 Å². The minimum absolute atomic E-state index is 0.287. The van der Waals surface area contributed by atoms with Gasteiger partial charge in [0.15, 0.2) is 0 Å². The normalized spacial score (nSPS) is 20.2. The van der Waals surface area contributed by atoms with Gasteiger partial charge in [-0.15, -0.1) is 0 Å². The number of aliphatic hydroxyl groups is 1. The number of carbonyl (C=O) groups is 2. The highest BCUT2D eigenvalue weighted by Gasteiger charge is 2.28. The molecule has 0 spiro atoms. The molecule has 1 heterocycles. The number of urea groups is 1. The van der Waals surface area contributed by atoms with Crippen LogP contribution in [0, 0.1) is 5.92 Å². The van der Waals surface area contributed by atoms with Crippen LogP contribution in [0.5, 0.6) is 0 Å². The lowest BCUT2D eigenvalue weighted by Gasteiger charge is -2.26. The number of aliphatic hydroxyl groups excluding tert-OH is 1. The molecule has 24 heavy (non-hydrogen) atoms. The summed E-state index contributed by atoms with van der Waals surface area (Å²) in [4.78, 5) is 27.5. The summed E-state index contributed by atoms with van der Waals surface area (Å²) in [5.41, 5.74) is 6.31. The average Bonchev–Trinajstić information content (AvgIpc) is 2.74. The molecule has 0 aliphatic carbocycles. The second-order valence-electron chi connectivity index (χ2n) is 6.35. The molecule has 7 nitrogen and oxygen atoms in total. The van der Waals surface area contributed by atoms with Crippen LogP contribution in [0.3, 0.4) is 0 Å². The second-order valence-corrected chi connectivity index (χ2v) is 6.35. The van der Waals surface area contributed by atoms with Crippen molar-refractivity contribution in [3.05, 3.63) is 35.9 Å². The first-order valence-electron chi connectivity index (χ1n) is 8.21. The van der Waals surface area contributed by atoms with Gasteiger partial charge < -0.3 is 21.1 Å². The van der Waals surface area contributed by atoms with Gasteiger partial charge in [-0.3, -0.25) is 9.69 Å². The predicted molar refractivity (Wildman–Crippen MR) is 91.1 cm³/mol. The van der Waals surface area contributed by atoms with E-state index >= 15 is 0 Å². The van der Waals surface area contributed by atoms with Gasteiger partial charge in [-0.1, -0.05) is 37.3 Å². The number of amides is 3. The summed E-state index contributed by atoms with van der Waals surface area (Å²) < 4.78 is 0. The Kier molecular flexibility index (Phi) is 6.57. The fraction of sp³-hybridized carbons (Fsp3) is 0.529. The molecular weight excluding hydrogens is 308 g/mol. The molecule has 0 radical (unpaired) electrons. The van der Waals surface area contributed by atoms with Gasteiger partial charge in [0, 0.05) is 32.7 Å². The Balaban J connectivity index is 1.97. The van der Waals surface area contributed by atoms with Gasteiger partial charge in [-0.05, 0) is 11.5 Å². The summed E-state index contributed by atoms with van der Waals surface area (Å²) in [6.45, 7) is 5.29. The van der Waals surface area contributed by atoms with Crippen molar-refractivity contribution in [2.24, 2.45) is 11.7 Å². The number of hydrogen-bond donors (Lipinski definition) is 3. The number of nitrogens with two attached hydrogens (primary N) is 1.